The maximum Gasteiger partial charge on any atom is 0.244 e. The molecule has 0 atom stereocenters. The Hall–Kier alpha value is -0.800. The highest BCUT2D eigenvalue weighted by Gasteiger charge is 2.27. The molecule has 22 heavy (non-hydrogen) atoms. The van der Waals surface area contributed by atoms with E-state index in [2.05, 4.69) is 0 Å². The first-order chi connectivity index (χ1) is 10.6. The molecule has 2 aliphatic rings. The first kappa shape index (κ1) is 16.1. The van der Waals surface area contributed by atoms with Gasteiger partial charge >= 0.3 is 0 Å². The molecule has 0 aliphatic carbocycles. The molecule has 0 aromatic carbocycles. The number of likely N-dealkylation sites (tertiary alicyclic amines) is 1. The Balaban J connectivity index is 1.85. The van der Waals surface area contributed by atoms with Crippen LogP contribution in [0.3, 0.4) is 0 Å². The third kappa shape index (κ3) is 3.41. The van der Waals surface area contributed by atoms with Crippen molar-refractivity contribution in [2.75, 3.05) is 39.4 Å². The number of hydrogen-bond acceptors (Lipinski definition) is 4. The van der Waals surface area contributed by atoms with E-state index in [0.717, 1.165) is 19.8 Å². The van der Waals surface area contributed by atoms with Crippen LogP contribution in [0.2, 0.25) is 0 Å². The Kier molecular flexibility index (Phi) is 4.94. The Morgan fingerprint density at radius 3 is 2.55 bits per heavy atom. The van der Waals surface area contributed by atoms with Crippen LogP contribution >= 0.6 is 12.2 Å². The number of aromatic nitrogens is 1. The molecule has 2 fully saturated rings. The minimum atomic E-state index is -3.46. The fraction of sp³-hybridized carbons (Fsp3) is 0.643. The molecule has 0 amide bonds. The van der Waals surface area contributed by atoms with E-state index in [0.29, 0.717) is 35.8 Å². The summed E-state index contributed by atoms with van der Waals surface area (Å²) >= 11 is 5.35. The second-order valence-electron chi connectivity index (χ2n) is 5.80. The van der Waals surface area contributed by atoms with Crippen LogP contribution in [0.1, 0.15) is 12.8 Å². The number of rotatable bonds is 4. The molecule has 3 heterocycles. The molecule has 2 aliphatic heterocycles. The maximum atomic E-state index is 12.7. The maximum absolute atomic E-state index is 12.7. The molecule has 0 unspecified atom stereocenters. The van der Waals surface area contributed by atoms with Gasteiger partial charge in [-0.2, -0.15) is 4.31 Å². The average Bonchev–Trinajstić information content (AvgIpc) is 3.03. The van der Waals surface area contributed by atoms with Gasteiger partial charge in [-0.25, -0.2) is 8.42 Å². The molecule has 0 spiro atoms. The van der Waals surface area contributed by atoms with Gasteiger partial charge in [0.25, 0.3) is 0 Å². The highest BCUT2D eigenvalue weighted by atomic mass is 32.2. The second kappa shape index (κ2) is 6.76. The summed E-state index contributed by atoms with van der Waals surface area (Å²) in [6, 6.07) is 3.33. The van der Waals surface area contributed by atoms with E-state index in [4.69, 9.17) is 17.0 Å². The summed E-state index contributed by atoms with van der Waals surface area (Å²) in [6.45, 7) is 4.73. The lowest BCUT2D eigenvalue weighted by molar-refractivity contribution is -0.910. The molecule has 0 saturated carbocycles. The predicted octanol–water partition coefficient (Wildman–Crippen LogP) is -0.125. The Morgan fingerprint density at radius 1 is 1.18 bits per heavy atom. The Bertz CT molecular complexity index is 675. The molecule has 1 aromatic heterocycles. The van der Waals surface area contributed by atoms with Crippen molar-refractivity contribution in [1.29, 1.82) is 0 Å². The van der Waals surface area contributed by atoms with Crippen molar-refractivity contribution in [3.05, 3.63) is 23.0 Å². The van der Waals surface area contributed by atoms with Crippen LogP contribution in [0.25, 0.3) is 0 Å². The molecule has 122 valence electrons. The van der Waals surface area contributed by atoms with E-state index in [-0.39, 0.29) is 0 Å². The third-order valence-electron chi connectivity index (χ3n) is 4.27. The summed E-state index contributed by atoms with van der Waals surface area (Å²) in [5, 5.41) is 0. The van der Waals surface area contributed by atoms with Crippen LogP contribution in [0.5, 0.6) is 0 Å². The zero-order valence-electron chi connectivity index (χ0n) is 12.5. The molecular formula is C14H22N3O3S2+. The first-order valence-electron chi connectivity index (χ1n) is 7.69. The summed E-state index contributed by atoms with van der Waals surface area (Å²) in [4.78, 5) is 1.78. The minimum Gasteiger partial charge on any atom is -0.379 e. The van der Waals surface area contributed by atoms with Gasteiger partial charge in [0.05, 0.1) is 31.2 Å². The van der Waals surface area contributed by atoms with Crippen LogP contribution in [0.4, 0.5) is 0 Å². The number of morpholine rings is 1. The number of quaternary nitrogens is 1. The van der Waals surface area contributed by atoms with Crippen molar-refractivity contribution >= 4 is 22.2 Å². The zero-order valence-corrected chi connectivity index (χ0v) is 14.2. The Morgan fingerprint density at radius 2 is 1.86 bits per heavy atom. The highest BCUT2D eigenvalue weighted by molar-refractivity contribution is 7.89. The van der Waals surface area contributed by atoms with Gasteiger partial charge in [0.1, 0.15) is 4.64 Å². The van der Waals surface area contributed by atoms with Crippen LogP contribution in [0.15, 0.2) is 23.2 Å². The van der Waals surface area contributed by atoms with E-state index in [1.165, 1.54) is 22.0 Å². The monoisotopic (exact) mass is 344 g/mol. The van der Waals surface area contributed by atoms with E-state index in [1.54, 1.807) is 18.3 Å². The van der Waals surface area contributed by atoms with Gasteiger partial charge in [-0.1, -0.05) is 12.2 Å². The van der Waals surface area contributed by atoms with Crippen LogP contribution in [0, 0.1) is 4.64 Å². The van der Waals surface area contributed by atoms with Gasteiger partial charge in [-0.05, 0) is 12.1 Å². The summed E-state index contributed by atoms with van der Waals surface area (Å²) in [5.74, 6) is 0. The molecule has 0 radical (unpaired) electrons. The molecule has 1 N–H and O–H groups in total. The number of nitrogens with one attached hydrogen (secondary N) is 1. The summed E-state index contributed by atoms with van der Waals surface area (Å²) in [5.41, 5.74) is 0. The van der Waals surface area contributed by atoms with E-state index in [1.807, 2.05) is 4.57 Å². The summed E-state index contributed by atoms with van der Waals surface area (Å²) in [6.07, 6.45) is 4.15. The van der Waals surface area contributed by atoms with Gasteiger partial charge in [0.15, 0.2) is 6.67 Å². The standard InChI is InChI=1S/C14H21N3O3S2/c18-22(19,17-7-9-20-10-8-17)13-3-4-14(21)16(11-13)12-15-5-1-2-6-15/h3-4,11H,1-2,5-10,12H2/p+1. The van der Waals surface area contributed by atoms with Crippen molar-refractivity contribution in [2.24, 2.45) is 0 Å². The second-order valence-corrected chi connectivity index (χ2v) is 8.16. The van der Waals surface area contributed by atoms with Gasteiger partial charge in [-0.3, -0.25) is 4.57 Å². The Labute approximate surface area is 136 Å². The van der Waals surface area contributed by atoms with E-state index in [9.17, 15) is 8.42 Å². The largest absolute Gasteiger partial charge is 0.379 e. The molecule has 2 saturated heterocycles. The summed E-state index contributed by atoms with van der Waals surface area (Å²) in [7, 11) is -3.46. The molecular weight excluding hydrogens is 322 g/mol. The minimum absolute atomic E-state index is 0.321. The molecule has 3 rings (SSSR count). The highest BCUT2D eigenvalue weighted by Crippen LogP contribution is 2.16. The molecule has 0 bridgehead atoms. The van der Waals surface area contributed by atoms with Crippen LogP contribution < -0.4 is 4.90 Å². The number of pyridine rings is 1. The van der Waals surface area contributed by atoms with Gasteiger partial charge in [0, 0.05) is 32.1 Å². The summed E-state index contributed by atoms with van der Waals surface area (Å²) < 4.78 is 34.7. The third-order valence-corrected chi connectivity index (χ3v) is 6.52. The number of ether oxygens (including phenoxy) is 1. The zero-order chi connectivity index (χ0) is 15.6. The average molecular weight is 344 g/mol. The quantitative estimate of drug-likeness (QED) is 0.774. The number of nitrogens with zero attached hydrogens (tertiary/aromatic N) is 2. The lowest BCUT2D eigenvalue weighted by Crippen LogP contribution is -3.09. The van der Waals surface area contributed by atoms with Crippen LogP contribution in [-0.4, -0.2) is 56.7 Å². The fourth-order valence-electron chi connectivity index (χ4n) is 3.00. The van der Waals surface area contributed by atoms with Gasteiger partial charge in [-0.15, -0.1) is 0 Å². The van der Waals surface area contributed by atoms with Crippen LogP contribution in [-0.2, 0) is 21.4 Å². The van der Waals surface area contributed by atoms with Crippen molar-refractivity contribution in [2.45, 2.75) is 24.4 Å². The van der Waals surface area contributed by atoms with Crippen molar-refractivity contribution in [1.82, 2.24) is 8.87 Å². The predicted molar refractivity (Wildman–Crippen MR) is 84.8 cm³/mol. The van der Waals surface area contributed by atoms with Crippen molar-refractivity contribution in [3.8, 4) is 0 Å². The molecule has 6 nitrogen and oxygen atoms in total. The van der Waals surface area contributed by atoms with Gasteiger partial charge < -0.3 is 9.64 Å². The van der Waals surface area contributed by atoms with E-state index < -0.39 is 10.0 Å². The lowest BCUT2D eigenvalue weighted by Gasteiger charge is -2.26. The number of hydrogen-bond donors (Lipinski definition) is 1. The van der Waals surface area contributed by atoms with Gasteiger partial charge in [0.2, 0.25) is 10.0 Å². The smallest absolute Gasteiger partial charge is 0.244 e. The number of sulfonamides is 1. The molecule has 8 heteroatoms. The van der Waals surface area contributed by atoms with Crippen molar-refractivity contribution < 1.29 is 18.1 Å². The lowest BCUT2D eigenvalue weighted by atomic mass is 10.4. The fourth-order valence-corrected chi connectivity index (χ4v) is 4.61. The van der Waals surface area contributed by atoms with Crippen molar-refractivity contribution in [3.63, 3.8) is 0 Å². The SMILES string of the molecule is O=S(=O)(c1ccc(=S)n(C[NH+]2CCCC2)c1)N1CCOCC1. The topological polar surface area (TPSA) is 56.0 Å². The first-order valence-corrected chi connectivity index (χ1v) is 9.54. The normalized spacial score (nSPS) is 21.3. The van der Waals surface area contributed by atoms with E-state index >= 15 is 0 Å². The molecule has 1 aromatic rings.